The van der Waals surface area contributed by atoms with Crippen LogP contribution in [0.25, 0.3) is 0 Å². The van der Waals surface area contributed by atoms with Gasteiger partial charge in [-0.05, 0) is 37.3 Å². The van der Waals surface area contributed by atoms with E-state index in [2.05, 4.69) is 10.2 Å². The minimum Gasteiger partial charge on any atom is -0.383 e. The van der Waals surface area contributed by atoms with Gasteiger partial charge in [0.2, 0.25) is 5.91 Å². The molecule has 0 aromatic heterocycles. The number of fused-ring (bicyclic) bond motifs is 1. The van der Waals surface area contributed by atoms with Gasteiger partial charge in [-0.1, -0.05) is 50.3 Å². The van der Waals surface area contributed by atoms with E-state index in [-0.39, 0.29) is 29.3 Å². The first-order valence-corrected chi connectivity index (χ1v) is 10.9. The molecular weight excluding hydrogens is 352 g/mol. The van der Waals surface area contributed by atoms with Crippen molar-refractivity contribution in [2.45, 2.75) is 75.3 Å². The maximum atomic E-state index is 13.7. The predicted octanol–water partition coefficient (Wildman–Crippen LogP) is 3.63. The van der Waals surface area contributed by atoms with Crippen LogP contribution in [0.5, 0.6) is 0 Å². The van der Waals surface area contributed by atoms with Crippen LogP contribution in [0.4, 0.5) is 0 Å². The number of benzene rings is 1. The van der Waals surface area contributed by atoms with Gasteiger partial charge in [0.1, 0.15) is 0 Å². The normalized spacial score (nSPS) is 24.4. The minimum absolute atomic E-state index is 0.0434. The molecule has 0 unspecified atom stereocenters. The average molecular weight is 385 g/mol. The van der Waals surface area contributed by atoms with Gasteiger partial charge in [-0.25, -0.2) is 0 Å². The number of ether oxygens (including phenoxy) is 1. The number of hydrogen-bond acceptors (Lipinski definition) is 3. The van der Waals surface area contributed by atoms with E-state index in [1.165, 1.54) is 19.3 Å². The summed E-state index contributed by atoms with van der Waals surface area (Å²) in [6, 6.07) is 8.06. The van der Waals surface area contributed by atoms with Crippen LogP contribution >= 0.6 is 0 Å². The molecule has 2 amide bonds. The zero-order valence-corrected chi connectivity index (χ0v) is 16.9. The first-order chi connectivity index (χ1) is 13.7. The van der Waals surface area contributed by atoms with Gasteiger partial charge < -0.3 is 15.0 Å². The van der Waals surface area contributed by atoms with Crippen LogP contribution in [0.3, 0.4) is 0 Å². The van der Waals surface area contributed by atoms with Gasteiger partial charge in [0.15, 0.2) is 0 Å². The molecule has 28 heavy (non-hydrogen) atoms. The highest BCUT2D eigenvalue weighted by Crippen LogP contribution is 2.51. The number of rotatable bonds is 5. The molecule has 1 aromatic carbocycles. The summed E-state index contributed by atoms with van der Waals surface area (Å²) in [5.41, 5.74) is 1.26. The van der Waals surface area contributed by atoms with Gasteiger partial charge in [0, 0.05) is 25.3 Å². The highest BCUT2D eigenvalue weighted by molar-refractivity contribution is 6.02. The molecule has 2 aliphatic carbocycles. The summed E-state index contributed by atoms with van der Waals surface area (Å²) in [5, 5.41) is 3.09. The van der Waals surface area contributed by atoms with Crippen LogP contribution < -0.4 is 5.32 Å². The van der Waals surface area contributed by atoms with Crippen molar-refractivity contribution in [2.24, 2.45) is 0 Å². The first-order valence-electron chi connectivity index (χ1n) is 10.9. The fourth-order valence-electron chi connectivity index (χ4n) is 5.85. The second kappa shape index (κ2) is 8.24. The van der Waals surface area contributed by atoms with Gasteiger partial charge >= 0.3 is 0 Å². The molecule has 5 heteroatoms. The Morgan fingerprint density at radius 3 is 2.57 bits per heavy atom. The summed E-state index contributed by atoms with van der Waals surface area (Å²) >= 11 is 0. The Labute approximate surface area is 167 Å². The summed E-state index contributed by atoms with van der Waals surface area (Å²) in [6.07, 6.45) is 9.68. The molecule has 1 atom stereocenters. The maximum Gasteiger partial charge on any atom is 0.254 e. The third kappa shape index (κ3) is 3.24. The van der Waals surface area contributed by atoms with Crippen molar-refractivity contribution >= 4 is 11.8 Å². The van der Waals surface area contributed by atoms with E-state index < -0.39 is 0 Å². The van der Waals surface area contributed by atoms with Gasteiger partial charge in [0.25, 0.3) is 5.91 Å². The van der Waals surface area contributed by atoms with Crippen molar-refractivity contribution in [3.63, 3.8) is 0 Å². The summed E-state index contributed by atoms with van der Waals surface area (Å²) in [6.45, 7) is 1.000. The molecule has 1 heterocycles. The molecule has 1 N–H and O–H groups in total. The Bertz CT molecular complexity index is 720. The quantitative estimate of drug-likeness (QED) is 0.789. The molecule has 0 radical (unpaired) electrons. The molecule has 5 nitrogen and oxygen atoms in total. The first kappa shape index (κ1) is 19.4. The Balaban J connectivity index is 1.80. The van der Waals surface area contributed by atoms with E-state index in [0.29, 0.717) is 13.2 Å². The van der Waals surface area contributed by atoms with E-state index >= 15 is 0 Å². The molecule has 2 fully saturated rings. The molecule has 152 valence electrons. The van der Waals surface area contributed by atoms with E-state index in [9.17, 15) is 9.59 Å². The molecule has 1 aliphatic heterocycles. The molecule has 3 aliphatic rings. The number of carbonyl (C=O) groups excluding carboxylic acids is 2. The molecule has 4 rings (SSSR count). The van der Waals surface area contributed by atoms with Crippen molar-refractivity contribution in [2.75, 3.05) is 20.3 Å². The van der Waals surface area contributed by atoms with Crippen LogP contribution in [0.2, 0.25) is 0 Å². The molecule has 2 saturated carbocycles. The molecule has 0 bridgehead atoms. The van der Waals surface area contributed by atoms with Gasteiger partial charge in [-0.15, -0.1) is 0 Å². The number of hydrogen-bond donors (Lipinski definition) is 1. The predicted molar refractivity (Wildman–Crippen MR) is 108 cm³/mol. The zero-order valence-electron chi connectivity index (χ0n) is 16.9. The lowest BCUT2D eigenvalue weighted by molar-refractivity contribution is -0.128. The van der Waals surface area contributed by atoms with Crippen LogP contribution in [0, 0.1) is 0 Å². The van der Waals surface area contributed by atoms with Crippen LogP contribution in [-0.4, -0.2) is 48.6 Å². The van der Waals surface area contributed by atoms with Crippen LogP contribution in [0.15, 0.2) is 24.3 Å². The lowest BCUT2D eigenvalue weighted by Gasteiger charge is -2.56. The number of methoxy groups -OCH3 is 1. The summed E-state index contributed by atoms with van der Waals surface area (Å²) in [5.74, 6) is -0.105. The van der Waals surface area contributed by atoms with Crippen molar-refractivity contribution < 1.29 is 14.3 Å². The van der Waals surface area contributed by atoms with Gasteiger partial charge in [-0.2, -0.15) is 0 Å². The Morgan fingerprint density at radius 2 is 1.86 bits per heavy atom. The fourth-order valence-corrected chi connectivity index (χ4v) is 5.85. The third-order valence-corrected chi connectivity index (χ3v) is 7.01. The highest BCUT2D eigenvalue weighted by atomic mass is 16.5. The topological polar surface area (TPSA) is 58.6 Å². The largest absolute Gasteiger partial charge is 0.383 e. The van der Waals surface area contributed by atoms with Crippen LogP contribution in [-0.2, 0) is 9.53 Å². The smallest absolute Gasteiger partial charge is 0.254 e. The van der Waals surface area contributed by atoms with E-state index in [0.717, 1.165) is 49.7 Å². The van der Waals surface area contributed by atoms with Crippen molar-refractivity contribution in [3.05, 3.63) is 35.4 Å². The van der Waals surface area contributed by atoms with E-state index in [4.69, 9.17) is 4.74 Å². The summed E-state index contributed by atoms with van der Waals surface area (Å²) < 4.78 is 5.13. The van der Waals surface area contributed by atoms with E-state index in [1.807, 2.05) is 24.3 Å². The second-order valence-corrected chi connectivity index (χ2v) is 8.58. The molecular formula is C23H32N2O3. The number of carbonyl (C=O) groups is 2. The Kier molecular flexibility index (Phi) is 5.72. The average Bonchev–Trinajstić information content (AvgIpc) is 3.23. The van der Waals surface area contributed by atoms with Gasteiger partial charge in [-0.3, -0.25) is 9.59 Å². The Hall–Kier alpha value is -1.88. The van der Waals surface area contributed by atoms with Crippen molar-refractivity contribution in [3.8, 4) is 0 Å². The third-order valence-electron chi connectivity index (χ3n) is 7.01. The minimum atomic E-state index is -0.379. The maximum absolute atomic E-state index is 13.7. The van der Waals surface area contributed by atoms with Crippen molar-refractivity contribution in [1.29, 1.82) is 0 Å². The number of nitrogens with zero attached hydrogens (tertiary/aromatic N) is 1. The monoisotopic (exact) mass is 384 g/mol. The number of amides is 2. The molecule has 0 saturated heterocycles. The summed E-state index contributed by atoms with van der Waals surface area (Å²) in [4.78, 5) is 29.3. The fraction of sp³-hybridized carbons (Fsp3) is 0.652. The lowest BCUT2D eigenvalue weighted by atomic mass is 9.64. The van der Waals surface area contributed by atoms with Crippen LogP contribution in [0.1, 0.15) is 79.6 Å². The van der Waals surface area contributed by atoms with E-state index in [1.54, 1.807) is 7.11 Å². The van der Waals surface area contributed by atoms with Crippen molar-refractivity contribution in [1.82, 2.24) is 10.2 Å². The second-order valence-electron chi connectivity index (χ2n) is 8.58. The summed E-state index contributed by atoms with van der Waals surface area (Å²) in [7, 11) is 1.64. The number of nitrogens with one attached hydrogen (secondary N) is 1. The Morgan fingerprint density at radius 1 is 1.14 bits per heavy atom. The highest BCUT2D eigenvalue weighted by Gasteiger charge is 2.56. The molecule has 1 spiro atoms. The van der Waals surface area contributed by atoms with Gasteiger partial charge in [0.05, 0.1) is 18.1 Å². The zero-order chi connectivity index (χ0) is 19.6. The SMILES string of the molecule is COCCNC(=O)[C@@H]1c2ccccc2C(=O)N(C2CCCC2)C12CCCCC2. The standard InChI is InChI=1S/C23H32N2O3/c1-28-16-15-24-21(26)20-18-11-5-6-12-19(18)22(27)25(17-9-3-4-10-17)23(20)13-7-2-8-14-23/h5-6,11-12,17,20H,2-4,7-10,13-16H2,1H3,(H,24,26)/t20-/m0/s1. The molecule has 1 aromatic rings. The lowest BCUT2D eigenvalue weighted by Crippen LogP contribution is -2.65.